The lowest BCUT2D eigenvalue weighted by molar-refractivity contribution is 0.341. The molecule has 0 aliphatic carbocycles. The minimum absolute atomic E-state index is 0.0520. The van der Waals surface area contributed by atoms with E-state index in [2.05, 4.69) is 10.4 Å². The third kappa shape index (κ3) is 4.04. The minimum atomic E-state index is -0.305. The van der Waals surface area contributed by atoms with Crippen molar-refractivity contribution in [3.8, 4) is 11.4 Å². The van der Waals surface area contributed by atoms with E-state index >= 15 is 0 Å². The molecule has 0 saturated heterocycles. The topological polar surface area (TPSA) is 51.9 Å². The summed E-state index contributed by atoms with van der Waals surface area (Å²) in [5.41, 5.74) is 0.615. The molecule has 1 N–H and O–H groups in total. The first kappa shape index (κ1) is 17.2. The van der Waals surface area contributed by atoms with Crippen molar-refractivity contribution in [3.63, 3.8) is 0 Å². The molecule has 0 fully saturated rings. The van der Waals surface area contributed by atoms with Gasteiger partial charge in [0.15, 0.2) is 5.82 Å². The zero-order valence-electron chi connectivity index (χ0n) is 13.8. The second-order valence-electron chi connectivity index (χ2n) is 5.80. The number of hydrogen-bond acceptors (Lipinski definition) is 3. The number of rotatable bonds is 2. The Morgan fingerprint density at radius 3 is 2.10 bits per heavy atom. The summed E-state index contributed by atoms with van der Waals surface area (Å²) in [6, 6.07) is 9.81. The standard InChI is InChI=1S/C14H19N3O.C2H7N/c1-5-16-12(11-9-7-6-8-10-11)15-17(13(16)18)14(2,3)4;1-3-2/h6-10H,5H2,1-4H3;3H,1-2H3. The van der Waals surface area contributed by atoms with Crippen LogP contribution in [-0.2, 0) is 12.1 Å². The summed E-state index contributed by atoms with van der Waals surface area (Å²) < 4.78 is 3.26. The molecule has 0 aliphatic rings. The average molecular weight is 290 g/mol. The predicted molar refractivity (Wildman–Crippen MR) is 87.6 cm³/mol. The molecule has 0 saturated carbocycles. The third-order valence-electron chi connectivity index (χ3n) is 2.85. The lowest BCUT2D eigenvalue weighted by atomic mass is 10.1. The fraction of sp³-hybridized carbons (Fsp3) is 0.500. The Hall–Kier alpha value is -1.88. The van der Waals surface area contributed by atoms with Gasteiger partial charge < -0.3 is 5.32 Å². The fourth-order valence-corrected chi connectivity index (χ4v) is 1.92. The van der Waals surface area contributed by atoms with E-state index in [1.165, 1.54) is 0 Å². The molecule has 5 heteroatoms. The van der Waals surface area contributed by atoms with Crippen LogP contribution in [0.5, 0.6) is 0 Å². The van der Waals surface area contributed by atoms with Gasteiger partial charge in [0.05, 0.1) is 5.54 Å². The van der Waals surface area contributed by atoms with E-state index in [1.807, 2.05) is 72.1 Å². The third-order valence-corrected chi connectivity index (χ3v) is 2.85. The second-order valence-corrected chi connectivity index (χ2v) is 5.80. The summed E-state index contributed by atoms with van der Waals surface area (Å²) in [5.74, 6) is 0.734. The molecule has 1 aromatic heterocycles. The number of nitrogens with one attached hydrogen (secondary N) is 1. The molecule has 2 rings (SSSR count). The fourth-order valence-electron chi connectivity index (χ4n) is 1.92. The van der Waals surface area contributed by atoms with Crippen LogP contribution < -0.4 is 11.0 Å². The molecule has 0 aliphatic heterocycles. The number of hydrogen-bond donors (Lipinski definition) is 1. The summed E-state index contributed by atoms with van der Waals surface area (Å²) in [7, 11) is 3.75. The van der Waals surface area contributed by atoms with Gasteiger partial charge in [0.1, 0.15) is 0 Å². The maximum absolute atomic E-state index is 12.3. The first-order valence-electron chi connectivity index (χ1n) is 7.21. The lowest BCUT2D eigenvalue weighted by Crippen LogP contribution is -2.35. The van der Waals surface area contributed by atoms with Crippen LogP contribution in [0.25, 0.3) is 11.4 Å². The molecule has 0 spiro atoms. The molecule has 0 unspecified atom stereocenters. The van der Waals surface area contributed by atoms with Crippen molar-refractivity contribution < 1.29 is 0 Å². The van der Waals surface area contributed by atoms with Crippen molar-refractivity contribution in [1.82, 2.24) is 19.7 Å². The molecule has 116 valence electrons. The van der Waals surface area contributed by atoms with E-state index in [0.717, 1.165) is 11.4 Å². The normalized spacial score (nSPS) is 11.0. The Morgan fingerprint density at radius 2 is 1.67 bits per heavy atom. The Morgan fingerprint density at radius 1 is 1.14 bits per heavy atom. The Balaban J connectivity index is 0.000000677. The smallest absolute Gasteiger partial charge is 0.323 e. The highest BCUT2D eigenvalue weighted by molar-refractivity contribution is 5.54. The van der Waals surface area contributed by atoms with E-state index in [0.29, 0.717) is 6.54 Å². The Bertz CT molecular complexity index is 605. The maximum Gasteiger partial charge on any atom is 0.346 e. The zero-order valence-corrected chi connectivity index (χ0v) is 13.8. The first-order valence-corrected chi connectivity index (χ1v) is 7.21. The number of nitrogens with zero attached hydrogens (tertiary/aromatic N) is 3. The van der Waals surface area contributed by atoms with Crippen LogP contribution in [0.1, 0.15) is 27.7 Å². The summed E-state index contributed by atoms with van der Waals surface area (Å²) in [5, 5.41) is 7.24. The molecule has 0 bridgehead atoms. The molecule has 21 heavy (non-hydrogen) atoms. The van der Waals surface area contributed by atoms with Crippen LogP contribution in [0.2, 0.25) is 0 Å². The van der Waals surface area contributed by atoms with Crippen molar-refractivity contribution in [2.75, 3.05) is 14.1 Å². The molecular formula is C16H26N4O. The quantitative estimate of drug-likeness (QED) is 0.923. The molecule has 0 atom stereocenters. The van der Waals surface area contributed by atoms with Gasteiger partial charge in [0.25, 0.3) is 0 Å². The van der Waals surface area contributed by atoms with Crippen molar-refractivity contribution in [3.05, 3.63) is 40.8 Å². The van der Waals surface area contributed by atoms with Gasteiger partial charge in [0.2, 0.25) is 0 Å². The molecule has 0 amide bonds. The van der Waals surface area contributed by atoms with Gasteiger partial charge in [-0.2, -0.15) is 0 Å². The Labute approximate surface area is 126 Å². The lowest BCUT2D eigenvalue weighted by Gasteiger charge is -2.16. The van der Waals surface area contributed by atoms with Crippen molar-refractivity contribution in [2.45, 2.75) is 39.8 Å². The minimum Gasteiger partial charge on any atom is -0.323 e. The highest BCUT2D eigenvalue weighted by Gasteiger charge is 2.22. The molecule has 1 aromatic carbocycles. The largest absolute Gasteiger partial charge is 0.346 e. The van der Waals surface area contributed by atoms with E-state index in [4.69, 9.17) is 0 Å². The first-order chi connectivity index (χ1) is 9.86. The highest BCUT2D eigenvalue weighted by Crippen LogP contribution is 2.17. The summed E-state index contributed by atoms with van der Waals surface area (Å²) in [6.07, 6.45) is 0. The number of benzene rings is 1. The summed E-state index contributed by atoms with van der Waals surface area (Å²) in [6.45, 7) is 8.53. The van der Waals surface area contributed by atoms with E-state index in [1.54, 1.807) is 9.25 Å². The van der Waals surface area contributed by atoms with Gasteiger partial charge in [0, 0.05) is 12.1 Å². The monoisotopic (exact) mass is 290 g/mol. The molecule has 0 radical (unpaired) electrons. The van der Waals surface area contributed by atoms with Gasteiger partial charge >= 0.3 is 5.69 Å². The van der Waals surface area contributed by atoms with Gasteiger partial charge in [-0.15, -0.1) is 5.10 Å². The van der Waals surface area contributed by atoms with E-state index in [-0.39, 0.29) is 11.2 Å². The van der Waals surface area contributed by atoms with Gasteiger partial charge in [-0.1, -0.05) is 30.3 Å². The molecule has 5 nitrogen and oxygen atoms in total. The van der Waals surface area contributed by atoms with Crippen molar-refractivity contribution in [1.29, 1.82) is 0 Å². The van der Waals surface area contributed by atoms with E-state index in [9.17, 15) is 4.79 Å². The van der Waals surface area contributed by atoms with Crippen LogP contribution in [0.3, 0.4) is 0 Å². The van der Waals surface area contributed by atoms with Crippen molar-refractivity contribution in [2.24, 2.45) is 0 Å². The molecule has 1 heterocycles. The average Bonchev–Trinajstić information content (AvgIpc) is 2.77. The number of aromatic nitrogens is 3. The SMILES string of the molecule is CCn1c(-c2ccccc2)nn(C(C)(C)C)c1=O.CNC. The van der Waals surface area contributed by atoms with Crippen LogP contribution in [0.4, 0.5) is 0 Å². The summed E-state index contributed by atoms with van der Waals surface area (Å²) in [4.78, 5) is 12.3. The maximum atomic E-state index is 12.3. The van der Waals surface area contributed by atoms with Crippen LogP contribution in [0, 0.1) is 0 Å². The van der Waals surface area contributed by atoms with E-state index < -0.39 is 0 Å². The Kier molecular flexibility index (Phi) is 5.90. The van der Waals surface area contributed by atoms with Crippen LogP contribution >= 0.6 is 0 Å². The van der Waals surface area contributed by atoms with Crippen LogP contribution in [0.15, 0.2) is 35.1 Å². The van der Waals surface area contributed by atoms with Gasteiger partial charge in [-0.05, 0) is 41.8 Å². The highest BCUT2D eigenvalue weighted by atomic mass is 16.2. The van der Waals surface area contributed by atoms with Crippen molar-refractivity contribution >= 4 is 0 Å². The second kappa shape index (κ2) is 7.22. The molecule has 2 aromatic rings. The zero-order chi connectivity index (χ0) is 16.0. The summed E-state index contributed by atoms with van der Waals surface area (Å²) >= 11 is 0. The van der Waals surface area contributed by atoms with Crippen LogP contribution in [-0.4, -0.2) is 28.4 Å². The molecular weight excluding hydrogens is 264 g/mol. The van der Waals surface area contributed by atoms with Gasteiger partial charge in [-0.25, -0.2) is 9.48 Å². The predicted octanol–water partition coefficient (Wildman–Crippen LogP) is 2.32. The van der Waals surface area contributed by atoms with Gasteiger partial charge in [-0.3, -0.25) is 4.57 Å².